The molecule has 1 aromatic rings. The van der Waals surface area contributed by atoms with E-state index in [0.717, 1.165) is 23.5 Å². The molecular weight excluding hydrogens is 198 g/mol. The van der Waals surface area contributed by atoms with Crippen LogP contribution in [0.5, 0.6) is 0 Å². The zero-order valence-corrected chi connectivity index (χ0v) is 10.2. The molecule has 2 nitrogen and oxygen atoms in total. The third-order valence-electron chi connectivity index (χ3n) is 3.84. The van der Waals surface area contributed by atoms with Crippen LogP contribution in [0.2, 0.25) is 0 Å². The molecule has 0 aliphatic heterocycles. The maximum Gasteiger partial charge on any atom is 0.0833 e. The van der Waals surface area contributed by atoms with Crippen LogP contribution in [0, 0.1) is 18.8 Å². The maximum absolute atomic E-state index is 10.3. The van der Waals surface area contributed by atoms with Gasteiger partial charge in [-0.3, -0.25) is 4.98 Å². The van der Waals surface area contributed by atoms with Gasteiger partial charge < -0.3 is 5.11 Å². The van der Waals surface area contributed by atoms with Crippen LogP contribution in [0.3, 0.4) is 0 Å². The summed E-state index contributed by atoms with van der Waals surface area (Å²) in [6.07, 6.45) is 8.17. The van der Waals surface area contributed by atoms with Crippen molar-refractivity contribution < 1.29 is 5.11 Å². The predicted molar refractivity (Wildman–Crippen MR) is 65.1 cm³/mol. The molecule has 3 unspecified atom stereocenters. The summed E-state index contributed by atoms with van der Waals surface area (Å²) < 4.78 is 0. The van der Waals surface area contributed by atoms with Crippen LogP contribution >= 0.6 is 0 Å². The first-order chi connectivity index (χ1) is 7.70. The molecule has 0 spiro atoms. The lowest BCUT2D eigenvalue weighted by atomic mass is 9.93. The van der Waals surface area contributed by atoms with Crippen LogP contribution in [0.25, 0.3) is 0 Å². The lowest BCUT2D eigenvalue weighted by molar-refractivity contribution is 0.108. The fraction of sp³-hybridized carbons (Fsp3) is 0.643. The molecule has 0 aromatic carbocycles. The second-order valence-corrected chi connectivity index (χ2v) is 5.09. The second-order valence-electron chi connectivity index (χ2n) is 5.09. The Labute approximate surface area is 97.7 Å². The van der Waals surface area contributed by atoms with Crippen LogP contribution < -0.4 is 0 Å². The fourth-order valence-corrected chi connectivity index (χ4v) is 2.78. The van der Waals surface area contributed by atoms with E-state index < -0.39 is 0 Å². The molecule has 1 fully saturated rings. The van der Waals surface area contributed by atoms with Gasteiger partial charge in [0, 0.05) is 12.4 Å². The van der Waals surface area contributed by atoms with E-state index >= 15 is 0 Å². The predicted octanol–water partition coefficient (Wildman–Crippen LogP) is 3.25. The van der Waals surface area contributed by atoms with Gasteiger partial charge in [0.15, 0.2) is 0 Å². The van der Waals surface area contributed by atoms with Crippen LogP contribution in [0.1, 0.15) is 49.8 Å². The molecule has 16 heavy (non-hydrogen) atoms. The molecule has 0 radical (unpaired) electrons. The number of aliphatic hydroxyl groups excluding tert-OH is 1. The van der Waals surface area contributed by atoms with Crippen molar-refractivity contribution in [2.75, 3.05) is 0 Å². The molecule has 1 aliphatic carbocycles. The smallest absolute Gasteiger partial charge is 0.0833 e. The molecule has 0 bridgehead atoms. The topological polar surface area (TPSA) is 33.1 Å². The van der Waals surface area contributed by atoms with Gasteiger partial charge in [-0.05, 0) is 42.7 Å². The zero-order valence-electron chi connectivity index (χ0n) is 10.2. The van der Waals surface area contributed by atoms with Gasteiger partial charge in [-0.1, -0.05) is 25.8 Å². The lowest BCUT2D eigenvalue weighted by Gasteiger charge is -2.18. The Balaban J connectivity index is 2.05. The molecular formula is C14H21NO. The number of hydrogen-bond donors (Lipinski definition) is 1. The molecule has 1 aliphatic rings. The van der Waals surface area contributed by atoms with Crippen molar-refractivity contribution in [3.8, 4) is 0 Å². The number of rotatable bonds is 3. The summed E-state index contributed by atoms with van der Waals surface area (Å²) in [7, 11) is 0. The molecule has 3 atom stereocenters. The Kier molecular flexibility index (Phi) is 3.59. The number of aliphatic hydroxyl groups is 1. The summed E-state index contributed by atoms with van der Waals surface area (Å²) in [6.45, 7) is 4.26. The minimum Gasteiger partial charge on any atom is -0.388 e. The summed E-state index contributed by atoms with van der Waals surface area (Å²) in [5, 5.41) is 10.3. The molecule has 2 rings (SSSR count). The van der Waals surface area contributed by atoms with E-state index in [4.69, 9.17) is 0 Å². The molecule has 1 saturated carbocycles. The first-order valence-electron chi connectivity index (χ1n) is 6.30. The van der Waals surface area contributed by atoms with Crippen molar-refractivity contribution in [3.05, 3.63) is 29.6 Å². The standard InChI is InChI=1S/C14H21NO/c1-3-11-4-5-12(7-11)14(16)13-6-10(2)8-15-9-13/h6,8-9,11-12,14,16H,3-5,7H2,1-2H3. The quantitative estimate of drug-likeness (QED) is 0.846. The highest BCUT2D eigenvalue weighted by atomic mass is 16.3. The van der Waals surface area contributed by atoms with E-state index in [9.17, 15) is 5.11 Å². The second kappa shape index (κ2) is 4.96. The van der Waals surface area contributed by atoms with Crippen LogP contribution in [0.4, 0.5) is 0 Å². The average molecular weight is 219 g/mol. The van der Waals surface area contributed by atoms with Gasteiger partial charge >= 0.3 is 0 Å². The molecule has 2 heteroatoms. The van der Waals surface area contributed by atoms with Crippen molar-refractivity contribution in [2.45, 2.75) is 45.6 Å². The lowest BCUT2D eigenvalue weighted by Crippen LogP contribution is -2.10. The van der Waals surface area contributed by atoms with Crippen LogP contribution in [-0.4, -0.2) is 10.1 Å². The Hall–Kier alpha value is -0.890. The Morgan fingerprint density at radius 1 is 1.44 bits per heavy atom. The van der Waals surface area contributed by atoms with Crippen LogP contribution in [0.15, 0.2) is 18.5 Å². The van der Waals surface area contributed by atoms with Gasteiger partial charge in [-0.15, -0.1) is 0 Å². The van der Waals surface area contributed by atoms with Crippen molar-refractivity contribution in [3.63, 3.8) is 0 Å². The number of nitrogens with zero attached hydrogens (tertiary/aromatic N) is 1. The van der Waals surface area contributed by atoms with Gasteiger partial charge in [0.1, 0.15) is 0 Å². The van der Waals surface area contributed by atoms with Gasteiger partial charge in [0.25, 0.3) is 0 Å². The van der Waals surface area contributed by atoms with Crippen LogP contribution in [-0.2, 0) is 0 Å². The molecule has 0 saturated heterocycles. The van der Waals surface area contributed by atoms with E-state index in [1.807, 2.05) is 13.1 Å². The van der Waals surface area contributed by atoms with Crippen molar-refractivity contribution >= 4 is 0 Å². The minimum absolute atomic E-state index is 0.316. The molecule has 1 N–H and O–H groups in total. The van der Waals surface area contributed by atoms with E-state index in [-0.39, 0.29) is 6.10 Å². The summed E-state index contributed by atoms with van der Waals surface area (Å²) in [5.74, 6) is 1.26. The largest absolute Gasteiger partial charge is 0.388 e. The van der Waals surface area contributed by atoms with Gasteiger partial charge in [0.05, 0.1) is 6.10 Å². The molecule has 88 valence electrons. The van der Waals surface area contributed by atoms with Crippen molar-refractivity contribution in [1.29, 1.82) is 0 Å². The fourth-order valence-electron chi connectivity index (χ4n) is 2.78. The van der Waals surface area contributed by atoms with Crippen molar-refractivity contribution in [1.82, 2.24) is 4.98 Å². The minimum atomic E-state index is -0.316. The maximum atomic E-state index is 10.3. The van der Waals surface area contributed by atoms with E-state index in [2.05, 4.69) is 18.0 Å². The van der Waals surface area contributed by atoms with Gasteiger partial charge in [-0.2, -0.15) is 0 Å². The highest BCUT2D eigenvalue weighted by Gasteiger charge is 2.29. The summed E-state index contributed by atoms with van der Waals surface area (Å²) in [4.78, 5) is 4.16. The Bertz CT molecular complexity index is 350. The summed E-state index contributed by atoms with van der Waals surface area (Å²) in [6, 6.07) is 2.05. The number of hydrogen-bond acceptors (Lipinski definition) is 2. The van der Waals surface area contributed by atoms with Crippen molar-refractivity contribution in [2.24, 2.45) is 11.8 Å². The molecule has 1 heterocycles. The SMILES string of the molecule is CCC1CCC(C(O)c2cncc(C)c2)C1. The third-order valence-corrected chi connectivity index (χ3v) is 3.84. The summed E-state index contributed by atoms with van der Waals surface area (Å²) in [5.41, 5.74) is 2.11. The number of pyridine rings is 1. The van der Waals surface area contributed by atoms with E-state index in [0.29, 0.717) is 5.92 Å². The Morgan fingerprint density at radius 3 is 2.88 bits per heavy atom. The highest BCUT2D eigenvalue weighted by molar-refractivity contribution is 5.19. The average Bonchev–Trinajstić information content (AvgIpc) is 2.76. The molecule has 1 aromatic heterocycles. The first-order valence-corrected chi connectivity index (χ1v) is 6.30. The number of aromatic nitrogens is 1. The first kappa shape index (κ1) is 11.6. The van der Waals surface area contributed by atoms with Gasteiger partial charge in [0.2, 0.25) is 0 Å². The molecule has 0 amide bonds. The van der Waals surface area contributed by atoms with E-state index in [1.54, 1.807) is 6.20 Å². The van der Waals surface area contributed by atoms with Gasteiger partial charge in [-0.25, -0.2) is 0 Å². The number of aryl methyl sites for hydroxylation is 1. The normalized spacial score (nSPS) is 26.9. The summed E-state index contributed by atoms with van der Waals surface area (Å²) >= 11 is 0. The zero-order chi connectivity index (χ0) is 11.5. The highest BCUT2D eigenvalue weighted by Crippen LogP contribution is 2.40. The van der Waals surface area contributed by atoms with E-state index in [1.165, 1.54) is 19.3 Å². The Morgan fingerprint density at radius 2 is 2.25 bits per heavy atom. The third kappa shape index (κ3) is 2.43. The monoisotopic (exact) mass is 219 g/mol.